The molecule has 0 unspecified atom stereocenters. The fraction of sp³-hybridized carbons (Fsp3) is 0.296. The van der Waals surface area contributed by atoms with E-state index in [1.165, 1.54) is 41.8 Å². The number of anilines is 1. The molecule has 0 aromatic heterocycles. The van der Waals surface area contributed by atoms with Crippen LogP contribution in [0.4, 0.5) is 5.69 Å². The lowest BCUT2D eigenvalue weighted by Crippen LogP contribution is -2.47. The molecular formula is C27H29N2O+. The summed E-state index contributed by atoms with van der Waals surface area (Å²) < 4.78 is 2.40. The highest BCUT2D eigenvalue weighted by Gasteiger charge is 2.53. The van der Waals surface area contributed by atoms with Crippen molar-refractivity contribution in [2.45, 2.75) is 38.3 Å². The molecule has 0 saturated heterocycles. The summed E-state index contributed by atoms with van der Waals surface area (Å²) in [6.45, 7) is 3.73. The van der Waals surface area contributed by atoms with Crippen molar-refractivity contribution in [3.05, 3.63) is 90.0 Å². The van der Waals surface area contributed by atoms with Crippen molar-refractivity contribution in [3.8, 4) is 11.1 Å². The van der Waals surface area contributed by atoms with E-state index in [1.54, 1.807) is 0 Å². The number of amidine groups is 1. The molecule has 152 valence electrons. The maximum absolute atomic E-state index is 12.1. The normalized spacial score (nSPS) is 21.5. The van der Waals surface area contributed by atoms with Gasteiger partial charge in [-0.05, 0) is 49.4 Å². The lowest BCUT2D eigenvalue weighted by Gasteiger charge is -2.29. The zero-order valence-corrected chi connectivity index (χ0v) is 17.6. The number of nitrogens with zero attached hydrogens (tertiary/aromatic N) is 2. The van der Waals surface area contributed by atoms with E-state index in [9.17, 15) is 5.11 Å². The van der Waals surface area contributed by atoms with Crippen LogP contribution in [-0.2, 0) is 5.72 Å². The monoisotopic (exact) mass is 397 g/mol. The summed E-state index contributed by atoms with van der Waals surface area (Å²) in [5.74, 6) is 1.26. The highest BCUT2D eigenvalue weighted by molar-refractivity contribution is 5.97. The molecule has 30 heavy (non-hydrogen) atoms. The third kappa shape index (κ3) is 3.33. The summed E-state index contributed by atoms with van der Waals surface area (Å²) in [6.07, 6.45) is 4.63. The third-order valence-electron chi connectivity index (χ3n) is 6.48. The molecule has 3 aromatic rings. The number of aryl methyl sites for hydroxylation is 1. The van der Waals surface area contributed by atoms with Gasteiger partial charge < -0.3 is 5.11 Å². The van der Waals surface area contributed by atoms with Gasteiger partial charge in [0.2, 0.25) is 0 Å². The molecule has 3 nitrogen and oxygen atoms in total. The first kappa shape index (κ1) is 19.1. The van der Waals surface area contributed by atoms with Crippen LogP contribution in [0.1, 0.15) is 36.8 Å². The molecule has 3 aromatic carbocycles. The van der Waals surface area contributed by atoms with E-state index >= 15 is 0 Å². The van der Waals surface area contributed by atoms with Gasteiger partial charge in [-0.1, -0.05) is 72.3 Å². The van der Waals surface area contributed by atoms with Gasteiger partial charge in [-0.15, -0.1) is 0 Å². The summed E-state index contributed by atoms with van der Waals surface area (Å²) in [7, 11) is 0. The second-order valence-corrected chi connectivity index (χ2v) is 8.58. The van der Waals surface area contributed by atoms with Crippen LogP contribution in [0.5, 0.6) is 0 Å². The molecule has 0 radical (unpaired) electrons. The van der Waals surface area contributed by atoms with Crippen LogP contribution in [0.3, 0.4) is 0 Å². The number of hydrogen-bond acceptors (Lipinski definition) is 2. The average Bonchev–Trinajstić information content (AvgIpc) is 2.91. The predicted octanol–water partition coefficient (Wildman–Crippen LogP) is 5.31. The number of aliphatic hydroxyl groups is 1. The van der Waals surface area contributed by atoms with Gasteiger partial charge in [0.15, 0.2) is 6.54 Å². The van der Waals surface area contributed by atoms with E-state index in [4.69, 9.17) is 0 Å². The fourth-order valence-corrected chi connectivity index (χ4v) is 4.86. The van der Waals surface area contributed by atoms with Crippen molar-refractivity contribution in [2.75, 3.05) is 18.0 Å². The van der Waals surface area contributed by atoms with E-state index in [0.717, 1.165) is 24.2 Å². The number of hydrogen-bond donors (Lipinski definition) is 1. The summed E-state index contributed by atoms with van der Waals surface area (Å²) in [6, 6.07) is 27.4. The van der Waals surface area contributed by atoms with E-state index in [1.807, 2.05) is 6.07 Å². The van der Waals surface area contributed by atoms with Gasteiger partial charge in [-0.2, -0.15) is 4.90 Å². The maximum atomic E-state index is 12.1. The van der Waals surface area contributed by atoms with Crippen molar-refractivity contribution < 1.29 is 9.68 Å². The molecule has 0 bridgehead atoms. The first-order valence-electron chi connectivity index (χ1n) is 11.0. The zero-order valence-electron chi connectivity index (χ0n) is 17.6. The molecule has 0 aliphatic carbocycles. The maximum Gasteiger partial charge on any atom is 0.275 e. The van der Waals surface area contributed by atoms with E-state index in [-0.39, 0.29) is 0 Å². The fourth-order valence-electron chi connectivity index (χ4n) is 4.86. The molecule has 0 fully saturated rings. The third-order valence-corrected chi connectivity index (χ3v) is 6.48. The van der Waals surface area contributed by atoms with Gasteiger partial charge in [-0.3, -0.25) is 4.58 Å². The Bertz CT molecular complexity index is 1050. The second kappa shape index (κ2) is 7.73. The molecule has 2 heterocycles. The van der Waals surface area contributed by atoms with Gasteiger partial charge in [0.25, 0.3) is 11.6 Å². The smallest absolute Gasteiger partial charge is 0.275 e. The number of rotatable bonds is 3. The average molecular weight is 398 g/mol. The highest BCUT2D eigenvalue weighted by Crippen LogP contribution is 2.38. The van der Waals surface area contributed by atoms with Crippen LogP contribution in [0.25, 0.3) is 11.1 Å². The lowest BCUT2D eigenvalue weighted by molar-refractivity contribution is -0.534. The Hall–Kier alpha value is -2.91. The molecule has 1 N–H and O–H groups in total. The topological polar surface area (TPSA) is 26.5 Å². The Kier molecular flexibility index (Phi) is 4.92. The molecule has 3 heteroatoms. The van der Waals surface area contributed by atoms with Crippen LogP contribution < -0.4 is 4.90 Å². The minimum Gasteiger partial charge on any atom is -0.346 e. The van der Waals surface area contributed by atoms with E-state index < -0.39 is 5.72 Å². The van der Waals surface area contributed by atoms with E-state index in [0.29, 0.717) is 6.54 Å². The molecule has 0 spiro atoms. The van der Waals surface area contributed by atoms with Crippen LogP contribution >= 0.6 is 0 Å². The Labute approximate surface area is 178 Å². The SMILES string of the molecule is Cc1ccc(N2C3=[N+](CCCCC3)C[C@]2(O)c2ccc(-c3ccccc3)cc2)cc1. The summed E-state index contributed by atoms with van der Waals surface area (Å²) >= 11 is 0. The van der Waals surface area contributed by atoms with Gasteiger partial charge in [0.05, 0.1) is 6.54 Å². The van der Waals surface area contributed by atoms with Crippen LogP contribution in [0.2, 0.25) is 0 Å². The second-order valence-electron chi connectivity index (χ2n) is 8.58. The Morgan fingerprint density at radius 2 is 1.50 bits per heavy atom. The van der Waals surface area contributed by atoms with E-state index in [2.05, 4.69) is 89.2 Å². The Morgan fingerprint density at radius 1 is 0.800 bits per heavy atom. The quantitative estimate of drug-likeness (QED) is 0.606. The first-order valence-corrected chi connectivity index (χ1v) is 11.0. The summed E-state index contributed by atoms with van der Waals surface area (Å²) in [5, 5.41) is 12.1. The number of benzene rings is 3. The minimum atomic E-state index is -1.06. The van der Waals surface area contributed by atoms with Gasteiger partial charge in [0, 0.05) is 12.0 Å². The highest BCUT2D eigenvalue weighted by atomic mass is 16.3. The summed E-state index contributed by atoms with van der Waals surface area (Å²) in [5.41, 5.74) is 4.55. The molecule has 2 aliphatic heterocycles. The molecule has 0 amide bonds. The molecule has 2 aliphatic rings. The van der Waals surface area contributed by atoms with Crippen molar-refractivity contribution >= 4 is 11.5 Å². The Morgan fingerprint density at radius 3 is 2.23 bits per heavy atom. The molecule has 5 rings (SSSR count). The summed E-state index contributed by atoms with van der Waals surface area (Å²) in [4.78, 5) is 2.19. The van der Waals surface area contributed by atoms with Crippen molar-refractivity contribution in [1.29, 1.82) is 0 Å². The Balaban J connectivity index is 1.56. The van der Waals surface area contributed by atoms with Crippen molar-refractivity contribution in [3.63, 3.8) is 0 Å². The van der Waals surface area contributed by atoms with Crippen LogP contribution in [0.15, 0.2) is 78.9 Å². The molecular weight excluding hydrogens is 368 g/mol. The largest absolute Gasteiger partial charge is 0.346 e. The lowest BCUT2D eigenvalue weighted by atomic mass is 9.96. The van der Waals surface area contributed by atoms with Crippen molar-refractivity contribution in [2.24, 2.45) is 0 Å². The van der Waals surface area contributed by atoms with Crippen LogP contribution in [-0.4, -0.2) is 28.6 Å². The van der Waals surface area contributed by atoms with Gasteiger partial charge in [0.1, 0.15) is 5.69 Å². The van der Waals surface area contributed by atoms with Gasteiger partial charge in [-0.25, -0.2) is 0 Å². The molecule has 0 saturated carbocycles. The predicted molar refractivity (Wildman–Crippen MR) is 123 cm³/mol. The van der Waals surface area contributed by atoms with Crippen molar-refractivity contribution in [1.82, 2.24) is 0 Å². The zero-order chi connectivity index (χ0) is 20.6. The standard InChI is InChI=1S/C27H29N2O/c1-21-11-17-25(18-12-21)29-26-10-6-3-7-19-28(26)20-27(29,30)24-15-13-23(14-16-24)22-8-4-2-5-9-22/h2,4-5,8-9,11-18,30H,3,6-7,10,19-20H2,1H3/q+1/t27-/m0/s1. The van der Waals surface area contributed by atoms with Gasteiger partial charge >= 0.3 is 0 Å². The molecule has 1 atom stereocenters. The first-order chi connectivity index (χ1) is 14.6. The van der Waals surface area contributed by atoms with Crippen LogP contribution in [0, 0.1) is 6.92 Å². The minimum absolute atomic E-state index is 0.612.